The molecule has 0 amide bonds. The molecule has 5 nitrogen and oxygen atoms in total. The van der Waals surface area contributed by atoms with Gasteiger partial charge in [0.15, 0.2) is 11.6 Å². The highest BCUT2D eigenvalue weighted by atomic mass is 32.1. The number of pyridine rings is 1. The van der Waals surface area contributed by atoms with Crippen molar-refractivity contribution in [3.05, 3.63) is 115 Å². The Morgan fingerprint density at radius 3 is 1.89 bits per heavy atom. The topological polar surface area (TPSA) is 56.5 Å². The van der Waals surface area contributed by atoms with Crippen LogP contribution in [0.4, 0.5) is 0 Å². The second-order valence-electron chi connectivity index (χ2n) is 9.16. The predicted molar refractivity (Wildman–Crippen MR) is 156 cm³/mol. The van der Waals surface area contributed by atoms with E-state index in [0.29, 0.717) is 17.6 Å². The highest BCUT2D eigenvalue weighted by Crippen LogP contribution is 2.42. The zero-order chi connectivity index (χ0) is 25.1. The van der Waals surface area contributed by atoms with Crippen molar-refractivity contribution >= 4 is 53.4 Å². The van der Waals surface area contributed by atoms with E-state index in [1.54, 1.807) is 11.3 Å². The number of nitrogens with zero attached hydrogens (tertiary/aromatic N) is 5. The van der Waals surface area contributed by atoms with Crippen LogP contribution in [0.3, 0.4) is 0 Å². The van der Waals surface area contributed by atoms with Gasteiger partial charge in [0.2, 0.25) is 5.95 Å². The van der Waals surface area contributed by atoms with Crippen LogP contribution in [0.2, 0.25) is 0 Å². The van der Waals surface area contributed by atoms with E-state index in [4.69, 9.17) is 19.9 Å². The first-order valence-electron chi connectivity index (χ1n) is 12.4. The van der Waals surface area contributed by atoms with Gasteiger partial charge < -0.3 is 0 Å². The smallest absolute Gasteiger partial charge is 0.240 e. The molecule has 6 heteroatoms. The number of rotatable bonds is 3. The first kappa shape index (κ1) is 21.2. The van der Waals surface area contributed by atoms with Crippen LogP contribution in [-0.2, 0) is 0 Å². The lowest BCUT2D eigenvalue weighted by Gasteiger charge is -2.10. The largest absolute Gasteiger partial charge is 0.260 e. The van der Waals surface area contributed by atoms with E-state index < -0.39 is 0 Å². The average Bonchev–Trinajstić information content (AvgIpc) is 3.54. The van der Waals surface area contributed by atoms with Gasteiger partial charge in [0, 0.05) is 43.6 Å². The van der Waals surface area contributed by atoms with Gasteiger partial charge in [-0.2, -0.15) is 9.97 Å². The van der Waals surface area contributed by atoms with Crippen molar-refractivity contribution in [1.82, 2.24) is 24.5 Å². The van der Waals surface area contributed by atoms with E-state index in [-0.39, 0.29) is 0 Å². The van der Waals surface area contributed by atoms with Crippen molar-refractivity contribution in [3.63, 3.8) is 0 Å². The number of hydrogen-bond donors (Lipinski definition) is 0. The molecule has 0 spiro atoms. The van der Waals surface area contributed by atoms with Gasteiger partial charge in [-0.15, -0.1) is 11.3 Å². The van der Waals surface area contributed by atoms with Gasteiger partial charge in [0.05, 0.1) is 10.2 Å². The molecule has 38 heavy (non-hydrogen) atoms. The molecule has 4 aromatic carbocycles. The summed E-state index contributed by atoms with van der Waals surface area (Å²) in [5.74, 6) is 1.81. The fraction of sp³-hybridized carbons (Fsp3) is 0. The summed E-state index contributed by atoms with van der Waals surface area (Å²) in [6, 6.07) is 37.2. The molecule has 178 valence electrons. The summed E-state index contributed by atoms with van der Waals surface area (Å²) in [6.07, 6.45) is 1.83. The van der Waals surface area contributed by atoms with E-state index in [1.807, 2.05) is 72.9 Å². The zero-order valence-corrected chi connectivity index (χ0v) is 20.9. The minimum Gasteiger partial charge on any atom is -0.260 e. The van der Waals surface area contributed by atoms with Gasteiger partial charge in [-0.3, -0.25) is 4.57 Å². The second kappa shape index (κ2) is 8.30. The summed E-state index contributed by atoms with van der Waals surface area (Å²) in [7, 11) is 0. The molecule has 0 aliphatic carbocycles. The van der Waals surface area contributed by atoms with Crippen LogP contribution in [0.15, 0.2) is 115 Å². The Hall–Kier alpha value is -4.94. The Kier molecular flexibility index (Phi) is 4.62. The normalized spacial score (nSPS) is 11.7. The van der Waals surface area contributed by atoms with Crippen molar-refractivity contribution in [1.29, 1.82) is 0 Å². The highest BCUT2D eigenvalue weighted by molar-refractivity contribution is 7.26. The van der Waals surface area contributed by atoms with E-state index in [9.17, 15) is 0 Å². The Bertz CT molecular complexity index is 2070. The van der Waals surface area contributed by atoms with Crippen LogP contribution in [0.25, 0.3) is 70.8 Å². The molecular formula is C32H19N5S. The minimum atomic E-state index is 0.557. The van der Waals surface area contributed by atoms with Crippen molar-refractivity contribution in [3.8, 4) is 28.7 Å². The molecule has 0 bridgehead atoms. The van der Waals surface area contributed by atoms with E-state index in [0.717, 1.165) is 33.1 Å². The maximum absolute atomic E-state index is 5.04. The Labute approximate surface area is 221 Å². The Morgan fingerprint density at radius 1 is 0.526 bits per heavy atom. The summed E-state index contributed by atoms with van der Waals surface area (Å²) in [6.45, 7) is 0. The van der Waals surface area contributed by atoms with Gasteiger partial charge in [-0.05, 0) is 18.2 Å². The summed E-state index contributed by atoms with van der Waals surface area (Å²) < 4.78 is 4.57. The maximum Gasteiger partial charge on any atom is 0.240 e. The van der Waals surface area contributed by atoms with E-state index in [1.165, 1.54) is 20.2 Å². The van der Waals surface area contributed by atoms with E-state index >= 15 is 0 Å². The summed E-state index contributed by atoms with van der Waals surface area (Å²) in [4.78, 5) is 19.8. The lowest BCUT2D eigenvalue weighted by Crippen LogP contribution is -2.07. The third kappa shape index (κ3) is 3.17. The second-order valence-corrected chi connectivity index (χ2v) is 10.2. The maximum atomic E-state index is 5.04. The molecule has 0 aliphatic rings. The molecule has 4 aromatic heterocycles. The fourth-order valence-corrected chi connectivity index (χ4v) is 6.44. The predicted octanol–water partition coefficient (Wildman–Crippen LogP) is 8.07. The molecule has 0 saturated heterocycles. The summed E-state index contributed by atoms with van der Waals surface area (Å²) >= 11 is 1.80. The number of fused-ring (bicyclic) bond motifs is 7. The van der Waals surface area contributed by atoms with Crippen molar-refractivity contribution < 1.29 is 0 Å². The molecule has 0 N–H and O–H groups in total. The first-order chi connectivity index (χ1) is 18.8. The van der Waals surface area contributed by atoms with Crippen LogP contribution < -0.4 is 0 Å². The molecule has 0 unspecified atom stereocenters. The number of thiophene rings is 1. The molecule has 0 radical (unpaired) electrons. The van der Waals surface area contributed by atoms with Crippen LogP contribution in [0, 0.1) is 0 Å². The highest BCUT2D eigenvalue weighted by Gasteiger charge is 2.21. The van der Waals surface area contributed by atoms with Gasteiger partial charge in [0.25, 0.3) is 0 Å². The molecule has 8 aromatic rings. The molecule has 0 aliphatic heterocycles. The summed E-state index contributed by atoms with van der Waals surface area (Å²) in [5, 5.41) is 4.69. The SMILES string of the molecule is c1ccc(-c2nc(-c3ccccc3)nc(-n3c4ncccc4c4ccc5c6ccccc6sc5c43)n2)cc1. The Morgan fingerprint density at radius 2 is 1.16 bits per heavy atom. The van der Waals surface area contributed by atoms with Gasteiger partial charge in [0.1, 0.15) is 5.65 Å². The minimum absolute atomic E-state index is 0.557. The van der Waals surface area contributed by atoms with Crippen LogP contribution >= 0.6 is 11.3 Å². The third-order valence-electron chi connectivity index (χ3n) is 6.92. The quantitative estimate of drug-likeness (QED) is 0.244. The Balaban J connectivity index is 1.53. The van der Waals surface area contributed by atoms with E-state index in [2.05, 4.69) is 47.0 Å². The number of hydrogen-bond acceptors (Lipinski definition) is 5. The van der Waals surface area contributed by atoms with Gasteiger partial charge in [-0.25, -0.2) is 9.97 Å². The lowest BCUT2D eigenvalue weighted by atomic mass is 10.1. The molecule has 8 rings (SSSR count). The van der Waals surface area contributed by atoms with Crippen molar-refractivity contribution in [2.24, 2.45) is 0 Å². The first-order valence-corrected chi connectivity index (χ1v) is 13.2. The number of aromatic nitrogens is 5. The average molecular weight is 506 g/mol. The zero-order valence-electron chi connectivity index (χ0n) is 20.1. The molecular weight excluding hydrogens is 486 g/mol. The molecule has 4 heterocycles. The van der Waals surface area contributed by atoms with Crippen LogP contribution in [-0.4, -0.2) is 24.5 Å². The van der Waals surface area contributed by atoms with Crippen LogP contribution in [0.5, 0.6) is 0 Å². The lowest BCUT2D eigenvalue weighted by molar-refractivity contribution is 0.946. The van der Waals surface area contributed by atoms with Gasteiger partial charge in [-0.1, -0.05) is 91.0 Å². The molecule has 0 fully saturated rings. The molecule has 0 saturated carbocycles. The summed E-state index contributed by atoms with van der Waals surface area (Å²) in [5.41, 5.74) is 3.78. The van der Waals surface area contributed by atoms with Crippen molar-refractivity contribution in [2.75, 3.05) is 0 Å². The monoisotopic (exact) mass is 505 g/mol. The van der Waals surface area contributed by atoms with Gasteiger partial charge >= 0.3 is 0 Å². The van der Waals surface area contributed by atoms with Crippen molar-refractivity contribution in [2.45, 2.75) is 0 Å². The third-order valence-corrected chi connectivity index (χ3v) is 8.11. The molecule has 0 atom stereocenters. The van der Waals surface area contributed by atoms with Crippen LogP contribution in [0.1, 0.15) is 0 Å². The fourth-order valence-electron chi connectivity index (χ4n) is 5.20. The standard InChI is InChI=1S/C32H19N5S/c1-3-10-20(11-4-1)29-34-30(21-12-5-2-6-13-21)36-32(35-29)37-27-23(25-15-9-19-33-31(25)37)17-18-24-22-14-7-8-16-26(22)38-28(24)27/h1-19H. The number of benzene rings is 4.